The number of fused-ring (bicyclic) bond motifs is 2. The number of benzene rings is 2. The van der Waals surface area contributed by atoms with E-state index in [1.54, 1.807) is 0 Å². The molecule has 2 fully saturated rings. The molecule has 26 heavy (non-hydrogen) atoms. The molecule has 3 atom stereocenters. The van der Waals surface area contributed by atoms with Crippen molar-refractivity contribution < 1.29 is 4.74 Å². The van der Waals surface area contributed by atoms with Crippen molar-refractivity contribution in [2.75, 3.05) is 5.75 Å². The van der Waals surface area contributed by atoms with Crippen LogP contribution in [0.2, 0.25) is 0 Å². The highest BCUT2D eigenvalue weighted by Crippen LogP contribution is 2.67. The Balaban J connectivity index is 1.44. The summed E-state index contributed by atoms with van der Waals surface area (Å²) in [6.07, 6.45) is 4.35. The molecule has 0 amide bonds. The number of rotatable bonds is 7. The molecule has 2 saturated carbocycles. The third-order valence-electron chi connectivity index (χ3n) is 7.12. The molecule has 4 rings (SSSR count). The lowest BCUT2D eigenvalue weighted by atomic mass is 9.69. The summed E-state index contributed by atoms with van der Waals surface area (Å²) >= 11 is 2.10. The molecular weight excluding hydrogens is 336 g/mol. The van der Waals surface area contributed by atoms with Crippen molar-refractivity contribution in [1.29, 1.82) is 0 Å². The van der Waals surface area contributed by atoms with Crippen LogP contribution in [0.5, 0.6) is 0 Å². The van der Waals surface area contributed by atoms with Crippen LogP contribution < -0.4 is 0 Å². The fourth-order valence-corrected chi connectivity index (χ4v) is 6.87. The van der Waals surface area contributed by atoms with Crippen molar-refractivity contribution in [3.05, 3.63) is 71.8 Å². The van der Waals surface area contributed by atoms with Gasteiger partial charge in [0.1, 0.15) is 0 Å². The molecule has 0 aromatic heterocycles. The zero-order valence-corrected chi connectivity index (χ0v) is 16.8. The fourth-order valence-electron chi connectivity index (χ4n) is 5.27. The minimum atomic E-state index is 0.325. The van der Waals surface area contributed by atoms with Gasteiger partial charge in [0.05, 0.1) is 12.7 Å². The van der Waals surface area contributed by atoms with Crippen LogP contribution in [0.1, 0.15) is 44.2 Å². The van der Waals surface area contributed by atoms with Gasteiger partial charge in [0.2, 0.25) is 0 Å². The Labute approximate surface area is 162 Å². The molecule has 0 spiro atoms. The largest absolute Gasteiger partial charge is 0.373 e. The van der Waals surface area contributed by atoms with E-state index in [4.69, 9.17) is 4.74 Å². The summed E-state index contributed by atoms with van der Waals surface area (Å²) in [7, 11) is 0. The normalized spacial score (nSPS) is 29.2. The monoisotopic (exact) mass is 366 g/mol. The molecule has 0 N–H and O–H groups in total. The van der Waals surface area contributed by atoms with Crippen molar-refractivity contribution in [1.82, 2.24) is 0 Å². The second kappa shape index (κ2) is 7.40. The molecule has 2 aromatic carbocycles. The van der Waals surface area contributed by atoms with Crippen molar-refractivity contribution in [3.8, 4) is 0 Å². The molecule has 0 saturated heterocycles. The Morgan fingerprint density at radius 1 is 0.962 bits per heavy atom. The van der Waals surface area contributed by atoms with Gasteiger partial charge in [-0.05, 0) is 41.7 Å². The van der Waals surface area contributed by atoms with E-state index < -0.39 is 0 Å². The SMILES string of the molecule is CC1(C)[C@@H]2CC[C@@]1(CSCc1ccccc1)[C@H](OCc1ccccc1)C2. The van der Waals surface area contributed by atoms with Crippen molar-refractivity contribution >= 4 is 11.8 Å². The molecule has 2 heteroatoms. The van der Waals surface area contributed by atoms with Gasteiger partial charge in [-0.3, -0.25) is 0 Å². The molecule has 0 radical (unpaired) electrons. The van der Waals surface area contributed by atoms with Crippen LogP contribution in [0.25, 0.3) is 0 Å². The fraction of sp³-hybridized carbons (Fsp3) is 0.500. The molecule has 2 bridgehead atoms. The molecule has 0 unspecified atom stereocenters. The molecule has 2 aromatic rings. The van der Waals surface area contributed by atoms with E-state index in [0.29, 0.717) is 16.9 Å². The lowest BCUT2D eigenvalue weighted by Crippen LogP contribution is -2.42. The Morgan fingerprint density at radius 3 is 2.27 bits per heavy atom. The van der Waals surface area contributed by atoms with E-state index in [2.05, 4.69) is 86.3 Å². The number of hydrogen-bond donors (Lipinski definition) is 0. The first kappa shape index (κ1) is 18.1. The second-order valence-electron chi connectivity index (χ2n) is 8.61. The number of hydrogen-bond acceptors (Lipinski definition) is 2. The zero-order valence-electron chi connectivity index (χ0n) is 16.0. The van der Waals surface area contributed by atoms with Gasteiger partial charge in [-0.15, -0.1) is 0 Å². The van der Waals surface area contributed by atoms with Crippen LogP contribution in [0.3, 0.4) is 0 Å². The maximum absolute atomic E-state index is 6.55. The average Bonchev–Trinajstić information content (AvgIpc) is 3.03. The van der Waals surface area contributed by atoms with Gasteiger partial charge in [0.25, 0.3) is 0 Å². The zero-order chi connectivity index (χ0) is 18.0. The van der Waals surface area contributed by atoms with Gasteiger partial charge >= 0.3 is 0 Å². The average molecular weight is 367 g/mol. The van der Waals surface area contributed by atoms with E-state index in [-0.39, 0.29) is 0 Å². The van der Waals surface area contributed by atoms with Crippen LogP contribution in [0, 0.1) is 16.7 Å². The van der Waals surface area contributed by atoms with Gasteiger partial charge in [0, 0.05) is 16.9 Å². The summed E-state index contributed by atoms with van der Waals surface area (Å²) in [5.74, 6) is 3.14. The maximum atomic E-state index is 6.55. The molecule has 2 aliphatic carbocycles. The summed E-state index contributed by atoms with van der Waals surface area (Å²) in [5.41, 5.74) is 3.44. The smallest absolute Gasteiger partial charge is 0.0720 e. The number of thioether (sulfide) groups is 1. The summed E-state index contributed by atoms with van der Waals surface area (Å²) in [5, 5.41) is 0. The van der Waals surface area contributed by atoms with Gasteiger partial charge in [0.15, 0.2) is 0 Å². The van der Waals surface area contributed by atoms with E-state index >= 15 is 0 Å². The summed E-state index contributed by atoms with van der Waals surface area (Å²) < 4.78 is 6.55. The summed E-state index contributed by atoms with van der Waals surface area (Å²) in [6, 6.07) is 21.5. The lowest BCUT2D eigenvalue weighted by Gasteiger charge is -2.42. The topological polar surface area (TPSA) is 9.23 Å². The van der Waals surface area contributed by atoms with E-state index in [0.717, 1.165) is 18.3 Å². The summed E-state index contributed by atoms with van der Waals surface area (Å²) in [6.45, 7) is 5.75. The van der Waals surface area contributed by atoms with Gasteiger partial charge in [-0.25, -0.2) is 0 Å². The molecular formula is C24H30OS. The van der Waals surface area contributed by atoms with Crippen LogP contribution in [0.15, 0.2) is 60.7 Å². The highest BCUT2D eigenvalue weighted by molar-refractivity contribution is 7.98. The first-order chi connectivity index (χ1) is 12.6. The minimum Gasteiger partial charge on any atom is -0.373 e. The Morgan fingerprint density at radius 2 is 1.62 bits per heavy atom. The first-order valence-corrected chi connectivity index (χ1v) is 11.0. The standard InChI is InChI=1S/C24H30OS/c1-23(2)21-13-14-24(23,18-26-17-20-11-7-4-8-12-20)22(15-21)25-16-19-9-5-3-6-10-19/h3-12,21-22H,13-18H2,1-2H3/t21-,22-,24-/m1/s1. The highest BCUT2D eigenvalue weighted by atomic mass is 32.2. The lowest BCUT2D eigenvalue weighted by molar-refractivity contribution is -0.0523. The third kappa shape index (κ3) is 3.23. The predicted octanol–water partition coefficient (Wildman–Crippen LogP) is 6.33. The molecule has 0 heterocycles. The second-order valence-corrected chi connectivity index (χ2v) is 9.60. The van der Waals surface area contributed by atoms with E-state index in [1.165, 1.54) is 36.1 Å². The quantitative estimate of drug-likeness (QED) is 0.566. The van der Waals surface area contributed by atoms with Gasteiger partial charge < -0.3 is 4.74 Å². The number of ether oxygens (including phenoxy) is 1. The molecule has 2 aliphatic rings. The summed E-state index contributed by atoms with van der Waals surface area (Å²) in [4.78, 5) is 0. The highest BCUT2D eigenvalue weighted by Gasteiger charge is 2.64. The van der Waals surface area contributed by atoms with E-state index in [9.17, 15) is 0 Å². The Bertz CT molecular complexity index is 712. The molecule has 1 nitrogen and oxygen atoms in total. The Kier molecular flexibility index (Phi) is 5.16. The first-order valence-electron chi connectivity index (χ1n) is 9.89. The third-order valence-corrected chi connectivity index (χ3v) is 8.38. The molecule has 138 valence electrons. The van der Waals surface area contributed by atoms with Crippen molar-refractivity contribution in [2.24, 2.45) is 16.7 Å². The van der Waals surface area contributed by atoms with Gasteiger partial charge in [-0.1, -0.05) is 74.5 Å². The van der Waals surface area contributed by atoms with Gasteiger partial charge in [-0.2, -0.15) is 11.8 Å². The van der Waals surface area contributed by atoms with Crippen LogP contribution in [-0.2, 0) is 17.1 Å². The molecule has 0 aliphatic heterocycles. The van der Waals surface area contributed by atoms with Crippen molar-refractivity contribution in [2.45, 2.75) is 51.6 Å². The maximum Gasteiger partial charge on any atom is 0.0720 e. The van der Waals surface area contributed by atoms with Crippen molar-refractivity contribution in [3.63, 3.8) is 0 Å². The van der Waals surface area contributed by atoms with Crippen LogP contribution in [-0.4, -0.2) is 11.9 Å². The van der Waals surface area contributed by atoms with Crippen LogP contribution in [0.4, 0.5) is 0 Å². The minimum absolute atomic E-state index is 0.325. The van der Waals surface area contributed by atoms with E-state index in [1.807, 2.05) is 0 Å². The predicted molar refractivity (Wildman–Crippen MR) is 111 cm³/mol. The Hall–Kier alpha value is -1.25. The van der Waals surface area contributed by atoms with Crippen LogP contribution >= 0.6 is 11.8 Å².